The molecule has 0 bridgehead atoms. The standard InChI is InChI=1S/C27H30ClN3O5S/c1-4-29-27(33)20(2)30(18-21-14-16-22(28)17-15-21)26(32)19-31(24-12-8-9-13-25(24)36-3)37(34,35)23-10-6-5-7-11-23/h5-17,20H,4,18-19H2,1-3H3,(H,29,33)/t20-/m1/s1. The minimum absolute atomic E-state index is 0.0229. The van der Waals surface area contributed by atoms with Crippen molar-refractivity contribution in [2.24, 2.45) is 0 Å². The molecule has 0 saturated carbocycles. The molecule has 196 valence electrons. The fourth-order valence-corrected chi connectivity index (χ4v) is 5.33. The van der Waals surface area contributed by atoms with Crippen molar-refractivity contribution >= 4 is 39.1 Å². The molecule has 3 aromatic carbocycles. The van der Waals surface area contributed by atoms with Gasteiger partial charge in [0.15, 0.2) is 0 Å². The number of nitrogens with one attached hydrogen (secondary N) is 1. The van der Waals surface area contributed by atoms with Crippen LogP contribution in [0.15, 0.2) is 83.8 Å². The van der Waals surface area contributed by atoms with Gasteiger partial charge in [-0.15, -0.1) is 0 Å². The molecule has 0 unspecified atom stereocenters. The Bertz CT molecular complexity index is 1320. The molecule has 1 atom stereocenters. The minimum atomic E-state index is -4.16. The Morgan fingerprint density at radius 1 is 0.973 bits per heavy atom. The fourth-order valence-electron chi connectivity index (χ4n) is 3.76. The summed E-state index contributed by atoms with van der Waals surface area (Å²) in [4.78, 5) is 27.9. The van der Waals surface area contributed by atoms with Crippen LogP contribution < -0.4 is 14.4 Å². The number of methoxy groups -OCH3 is 1. The molecule has 1 N–H and O–H groups in total. The largest absolute Gasteiger partial charge is 0.495 e. The zero-order valence-electron chi connectivity index (χ0n) is 20.9. The Balaban J connectivity index is 2.05. The molecular weight excluding hydrogens is 514 g/mol. The van der Waals surface area contributed by atoms with E-state index in [1.54, 1.807) is 80.6 Å². The van der Waals surface area contributed by atoms with Gasteiger partial charge in [0, 0.05) is 18.1 Å². The molecule has 0 saturated heterocycles. The fraction of sp³-hybridized carbons (Fsp3) is 0.259. The molecule has 0 fully saturated rings. The number of amides is 2. The second kappa shape index (κ2) is 12.6. The molecular formula is C27H30ClN3O5S. The van der Waals surface area contributed by atoms with E-state index in [1.807, 2.05) is 0 Å². The van der Waals surface area contributed by atoms with Crippen molar-refractivity contribution < 1.29 is 22.7 Å². The Labute approximate surface area is 222 Å². The molecule has 3 aromatic rings. The summed E-state index contributed by atoms with van der Waals surface area (Å²) >= 11 is 6.01. The van der Waals surface area contributed by atoms with Crippen LogP contribution in [0, 0.1) is 0 Å². The monoisotopic (exact) mass is 543 g/mol. The van der Waals surface area contributed by atoms with Crippen molar-refractivity contribution in [1.82, 2.24) is 10.2 Å². The summed E-state index contributed by atoms with van der Waals surface area (Å²) in [5, 5.41) is 3.27. The smallest absolute Gasteiger partial charge is 0.264 e. The Morgan fingerprint density at radius 2 is 1.59 bits per heavy atom. The van der Waals surface area contributed by atoms with E-state index in [-0.39, 0.29) is 28.8 Å². The first kappa shape index (κ1) is 28.0. The molecule has 0 aromatic heterocycles. The van der Waals surface area contributed by atoms with Gasteiger partial charge in [-0.05, 0) is 55.8 Å². The molecule has 0 aliphatic heterocycles. The normalized spacial score (nSPS) is 11.9. The van der Waals surface area contributed by atoms with Gasteiger partial charge in [-0.2, -0.15) is 0 Å². The summed E-state index contributed by atoms with van der Waals surface area (Å²) in [6, 6.07) is 20.5. The highest BCUT2D eigenvalue weighted by molar-refractivity contribution is 7.92. The number of nitrogens with zero attached hydrogens (tertiary/aromatic N) is 2. The van der Waals surface area contributed by atoms with Gasteiger partial charge >= 0.3 is 0 Å². The Kier molecular flexibility index (Phi) is 9.54. The minimum Gasteiger partial charge on any atom is -0.495 e. The molecule has 2 amide bonds. The molecule has 37 heavy (non-hydrogen) atoms. The molecule has 0 aliphatic rings. The summed E-state index contributed by atoms with van der Waals surface area (Å²) in [5.41, 5.74) is 0.947. The van der Waals surface area contributed by atoms with Crippen LogP contribution in [-0.2, 0) is 26.2 Å². The summed E-state index contributed by atoms with van der Waals surface area (Å²) in [5.74, 6) is -0.616. The van der Waals surface area contributed by atoms with E-state index in [9.17, 15) is 18.0 Å². The second-order valence-electron chi connectivity index (χ2n) is 8.22. The number of likely N-dealkylation sites (N-methyl/N-ethyl adjacent to an activating group) is 1. The zero-order valence-corrected chi connectivity index (χ0v) is 22.5. The Morgan fingerprint density at radius 3 is 2.22 bits per heavy atom. The highest BCUT2D eigenvalue weighted by Gasteiger charge is 2.33. The van der Waals surface area contributed by atoms with Crippen molar-refractivity contribution in [2.75, 3.05) is 24.5 Å². The van der Waals surface area contributed by atoms with Crippen LogP contribution in [-0.4, -0.2) is 51.4 Å². The van der Waals surface area contributed by atoms with E-state index in [1.165, 1.54) is 24.1 Å². The number of carbonyl (C=O) groups is 2. The van der Waals surface area contributed by atoms with E-state index < -0.39 is 28.5 Å². The molecule has 10 heteroatoms. The summed E-state index contributed by atoms with van der Waals surface area (Å²) in [6.45, 7) is 3.32. The van der Waals surface area contributed by atoms with Crippen LogP contribution in [0.3, 0.4) is 0 Å². The van der Waals surface area contributed by atoms with E-state index in [4.69, 9.17) is 16.3 Å². The van der Waals surface area contributed by atoms with Gasteiger partial charge in [0.25, 0.3) is 10.0 Å². The van der Waals surface area contributed by atoms with E-state index >= 15 is 0 Å². The first-order valence-electron chi connectivity index (χ1n) is 11.7. The van der Waals surface area contributed by atoms with Gasteiger partial charge in [-0.25, -0.2) is 8.42 Å². The number of rotatable bonds is 11. The summed E-state index contributed by atoms with van der Waals surface area (Å²) in [7, 11) is -2.73. The van der Waals surface area contributed by atoms with Crippen LogP contribution in [0.2, 0.25) is 5.02 Å². The van der Waals surface area contributed by atoms with Gasteiger partial charge in [-0.1, -0.05) is 54.1 Å². The van der Waals surface area contributed by atoms with Gasteiger partial charge in [0.05, 0.1) is 17.7 Å². The van der Waals surface area contributed by atoms with Crippen LogP contribution in [0.1, 0.15) is 19.4 Å². The van der Waals surface area contributed by atoms with E-state index in [2.05, 4.69) is 5.32 Å². The second-order valence-corrected chi connectivity index (χ2v) is 10.5. The molecule has 8 nitrogen and oxygen atoms in total. The number of benzene rings is 3. The van der Waals surface area contributed by atoms with Crippen molar-refractivity contribution in [3.63, 3.8) is 0 Å². The molecule has 0 heterocycles. The van der Waals surface area contributed by atoms with Crippen molar-refractivity contribution in [2.45, 2.75) is 31.3 Å². The maximum atomic E-state index is 13.8. The number of halogens is 1. The molecule has 0 aliphatic carbocycles. The third-order valence-corrected chi connectivity index (χ3v) is 7.77. The number of anilines is 1. The lowest BCUT2D eigenvalue weighted by atomic mass is 10.1. The van der Waals surface area contributed by atoms with E-state index in [0.717, 1.165) is 9.87 Å². The van der Waals surface area contributed by atoms with Crippen molar-refractivity contribution in [1.29, 1.82) is 0 Å². The number of sulfonamides is 1. The first-order valence-corrected chi connectivity index (χ1v) is 13.5. The lowest BCUT2D eigenvalue weighted by Gasteiger charge is -2.32. The van der Waals surface area contributed by atoms with E-state index in [0.29, 0.717) is 11.6 Å². The van der Waals surface area contributed by atoms with Gasteiger partial charge in [0.2, 0.25) is 11.8 Å². The maximum Gasteiger partial charge on any atom is 0.264 e. The lowest BCUT2D eigenvalue weighted by Crippen LogP contribution is -2.51. The van der Waals surface area contributed by atoms with Gasteiger partial charge < -0.3 is 15.0 Å². The average molecular weight is 544 g/mol. The third-order valence-electron chi connectivity index (χ3n) is 5.75. The van der Waals surface area contributed by atoms with Gasteiger partial charge in [0.1, 0.15) is 18.3 Å². The quantitative estimate of drug-likeness (QED) is 0.393. The molecule has 3 rings (SSSR count). The van der Waals surface area contributed by atoms with Crippen LogP contribution >= 0.6 is 11.6 Å². The van der Waals surface area contributed by atoms with Gasteiger partial charge in [-0.3, -0.25) is 13.9 Å². The van der Waals surface area contributed by atoms with Crippen molar-refractivity contribution in [3.05, 3.63) is 89.4 Å². The average Bonchev–Trinajstić information content (AvgIpc) is 2.91. The molecule has 0 spiro atoms. The zero-order chi connectivity index (χ0) is 27.0. The maximum absolute atomic E-state index is 13.8. The highest BCUT2D eigenvalue weighted by Crippen LogP contribution is 2.32. The first-order chi connectivity index (χ1) is 17.7. The molecule has 0 radical (unpaired) electrons. The SMILES string of the molecule is CCNC(=O)[C@@H](C)N(Cc1ccc(Cl)cc1)C(=O)CN(c1ccccc1OC)S(=O)(=O)c1ccccc1. The summed E-state index contributed by atoms with van der Waals surface area (Å²) in [6.07, 6.45) is 0. The van der Waals surface area contributed by atoms with Crippen LogP contribution in [0.25, 0.3) is 0 Å². The number of para-hydroxylation sites is 2. The Hall–Kier alpha value is -3.56. The predicted molar refractivity (Wildman–Crippen MR) is 144 cm³/mol. The highest BCUT2D eigenvalue weighted by atomic mass is 35.5. The van der Waals surface area contributed by atoms with Crippen LogP contribution in [0.5, 0.6) is 5.75 Å². The van der Waals surface area contributed by atoms with Crippen molar-refractivity contribution in [3.8, 4) is 5.75 Å². The number of hydrogen-bond donors (Lipinski definition) is 1. The number of carbonyl (C=O) groups excluding carboxylic acids is 2. The number of ether oxygens (including phenoxy) is 1. The topological polar surface area (TPSA) is 96.0 Å². The predicted octanol–water partition coefficient (Wildman–Crippen LogP) is 4.10. The third kappa shape index (κ3) is 6.81. The number of hydrogen-bond acceptors (Lipinski definition) is 5. The summed E-state index contributed by atoms with van der Waals surface area (Å²) < 4.78 is 34.0. The van der Waals surface area contributed by atoms with Crippen LogP contribution in [0.4, 0.5) is 5.69 Å². The lowest BCUT2D eigenvalue weighted by molar-refractivity contribution is -0.139.